The summed E-state index contributed by atoms with van der Waals surface area (Å²) in [6.07, 6.45) is 0. The lowest BCUT2D eigenvalue weighted by Crippen LogP contribution is -2.12. The summed E-state index contributed by atoms with van der Waals surface area (Å²) >= 11 is 1.56. The van der Waals surface area contributed by atoms with Crippen molar-refractivity contribution in [2.45, 2.75) is 6.92 Å². The molecule has 4 aromatic rings. The van der Waals surface area contributed by atoms with E-state index in [2.05, 4.69) is 5.32 Å². The zero-order chi connectivity index (χ0) is 21.1. The number of rotatable bonds is 5. The third-order valence-electron chi connectivity index (χ3n) is 4.61. The Hall–Kier alpha value is -3.84. The average Bonchev–Trinajstić information content (AvgIpc) is 3.25. The number of carbonyl (C=O) groups excluding carboxylic acids is 1. The van der Waals surface area contributed by atoms with Gasteiger partial charge in [0.25, 0.3) is 11.6 Å². The molecule has 0 saturated carbocycles. The fraction of sp³-hybridized carbons (Fsp3) is 0.0435. The summed E-state index contributed by atoms with van der Waals surface area (Å²) in [6.45, 7) is 1.64. The minimum atomic E-state index is -0.487. The molecular weight excluding hydrogens is 398 g/mol. The highest BCUT2D eigenvalue weighted by atomic mass is 32.1. The molecule has 7 heteroatoms. The van der Waals surface area contributed by atoms with E-state index in [9.17, 15) is 14.9 Å². The van der Waals surface area contributed by atoms with Crippen molar-refractivity contribution in [3.63, 3.8) is 0 Å². The molecule has 0 bridgehead atoms. The number of nitro benzene ring substituents is 1. The van der Waals surface area contributed by atoms with Crippen LogP contribution in [0.1, 0.15) is 15.9 Å². The molecule has 0 radical (unpaired) electrons. The fourth-order valence-corrected chi connectivity index (χ4v) is 3.86. The van der Waals surface area contributed by atoms with Crippen LogP contribution in [0.15, 0.2) is 78.2 Å². The highest BCUT2D eigenvalue weighted by molar-refractivity contribution is 7.13. The Kier molecular flexibility index (Phi) is 5.36. The Morgan fingerprint density at radius 1 is 1.00 bits per heavy atom. The van der Waals surface area contributed by atoms with Crippen LogP contribution >= 0.6 is 11.3 Å². The second-order valence-corrected chi connectivity index (χ2v) is 7.56. The van der Waals surface area contributed by atoms with Crippen LogP contribution in [0.3, 0.4) is 0 Å². The number of anilines is 1. The number of amides is 1. The maximum atomic E-state index is 12.6. The molecule has 4 rings (SSSR count). The second-order valence-electron chi connectivity index (χ2n) is 6.70. The largest absolute Gasteiger partial charge is 0.322 e. The van der Waals surface area contributed by atoms with Gasteiger partial charge in [-0.2, -0.15) is 0 Å². The lowest BCUT2D eigenvalue weighted by atomic mass is 10.1. The van der Waals surface area contributed by atoms with Crippen molar-refractivity contribution in [2.24, 2.45) is 0 Å². The van der Waals surface area contributed by atoms with Crippen molar-refractivity contribution < 1.29 is 9.72 Å². The van der Waals surface area contributed by atoms with E-state index in [1.54, 1.807) is 36.5 Å². The molecule has 1 heterocycles. The molecule has 3 aromatic carbocycles. The number of hydrogen-bond donors (Lipinski definition) is 1. The molecule has 148 valence electrons. The van der Waals surface area contributed by atoms with Crippen molar-refractivity contribution >= 4 is 28.6 Å². The lowest BCUT2D eigenvalue weighted by Gasteiger charge is -2.07. The van der Waals surface area contributed by atoms with Crippen molar-refractivity contribution in [3.8, 4) is 21.8 Å². The highest BCUT2D eigenvalue weighted by Crippen LogP contribution is 2.30. The molecule has 1 aromatic heterocycles. The van der Waals surface area contributed by atoms with Gasteiger partial charge in [0.05, 0.1) is 10.6 Å². The molecule has 0 atom stereocenters. The molecule has 1 amide bonds. The topological polar surface area (TPSA) is 85.1 Å². The molecule has 0 unspecified atom stereocenters. The van der Waals surface area contributed by atoms with Crippen LogP contribution in [-0.2, 0) is 0 Å². The smallest absolute Gasteiger partial charge is 0.273 e. The van der Waals surface area contributed by atoms with Crippen molar-refractivity contribution in [1.29, 1.82) is 0 Å². The van der Waals surface area contributed by atoms with E-state index in [1.807, 2.05) is 53.9 Å². The molecule has 0 aliphatic carbocycles. The molecule has 30 heavy (non-hydrogen) atoms. The summed E-state index contributed by atoms with van der Waals surface area (Å²) in [5.74, 6) is -0.404. The lowest BCUT2D eigenvalue weighted by molar-refractivity contribution is -0.385. The van der Waals surface area contributed by atoms with Gasteiger partial charge in [-0.05, 0) is 25.1 Å². The zero-order valence-corrected chi connectivity index (χ0v) is 16.8. The summed E-state index contributed by atoms with van der Waals surface area (Å²) in [6, 6.07) is 21.8. The van der Waals surface area contributed by atoms with Gasteiger partial charge in [-0.1, -0.05) is 48.5 Å². The Labute approximate surface area is 177 Å². The molecule has 6 nitrogen and oxygen atoms in total. The number of carbonyl (C=O) groups is 1. The first-order valence-corrected chi connectivity index (χ1v) is 10.1. The Morgan fingerprint density at radius 3 is 2.53 bits per heavy atom. The predicted octanol–water partition coefficient (Wildman–Crippen LogP) is 5.95. The first kappa shape index (κ1) is 19.5. The van der Waals surface area contributed by atoms with Crippen molar-refractivity contribution in [3.05, 3.63) is 99.4 Å². The van der Waals surface area contributed by atoms with Gasteiger partial charge < -0.3 is 5.32 Å². The fourth-order valence-electron chi connectivity index (χ4n) is 3.03. The van der Waals surface area contributed by atoms with E-state index in [4.69, 9.17) is 4.98 Å². The number of nitrogens with one attached hydrogen (secondary N) is 1. The number of nitro groups is 1. The number of aryl methyl sites for hydroxylation is 1. The van der Waals surface area contributed by atoms with Crippen LogP contribution in [0.2, 0.25) is 0 Å². The molecule has 0 fully saturated rings. The van der Waals surface area contributed by atoms with Gasteiger partial charge >= 0.3 is 0 Å². The van der Waals surface area contributed by atoms with Crippen LogP contribution in [0.25, 0.3) is 21.8 Å². The third kappa shape index (κ3) is 4.11. The van der Waals surface area contributed by atoms with E-state index >= 15 is 0 Å². The van der Waals surface area contributed by atoms with Crippen LogP contribution in [-0.4, -0.2) is 15.8 Å². The standard InChI is InChI=1S/C23H17N3O3S/c1-15-10-11-18(13-21(15)26(28)29)22(27)24-19-9-5-8-17(12-19)20-14-30-23(25-20)16-6-3-2-4-7-16/h2-14H,1H3,(H,24,27). The Morgan fingerprint density at radius 2 is 1.77 bits per heavy atom. The first-order valence-electron chi connectivity index (χ1n) is 9.19. The van der Waals surface area contributed by atoms with E-state index in [-0.39, 0.29) is 11.3 Å². The van der Waals surface area contributed by atoms with Crippen molar-refractivity contribution in [1.82, 2.24) is 4.98 Å². The summed E-state index contributed by atoms with van der Waals surface area (Å²) in [7, 11) is 0. The minimum Gasteiger partial charge on any atom is -0.322 e. The monoisotopic (exact) mass is 415 g/mol. The number of benzene rings is 3. The van der Waals surface area contributed by atoms with E-state index in [1.165, 1.54) is 6.07 Å². The van der Waals surface area contributed by atoms with E-state index in [0.29, 0.717) is 11.3 Å². The zero-order valence-electron chi connectivity index (χ0n) is 16.0. The van der Waals surface area contributed by atoms with Gasteiger partial charge in [0, 0.05) is 39.4 Å². The molecule has 0 saturated heterocycles. The van der Waals surface area contributed by atoms with Gasteiger partial charge in [-0.3, -0.25) is 14.9 Å². The number of hydrogen-bond acceptors (Lipinski definition) is 5. The van der Waals surface area contributed by atoms with Gasteiger partial charge in [-0.25, -0.2) is 4.98 Å². The minimum absolute atomic E-state index is 0.0766. The van der Waals surface area contributed by atoms with Gasteiger partial charge in [-0.15, -0.1) is 11.3 Å². The van der Waals surface area contributed by atoms with Crippen LogP contribution < -0.4 is 5.32 Å². The first-order chi connectivity index (χ1) is 14.5. The van der Waals surface area contributed by atoms with Gasteiger partial charge in [0.1, 0.15) is 5.01 Å². The second kappa shape index (κ2) is 8.26. The Bertz CT molecular complexity index is 1240. The Balaban J connectivity index is 1.56. The molecule has 1 N–H and O–H groups in total. The summed E-state index contributed by atoms with van der Waals surface area (Å²) in [4.78, 5) is 27.9. The van der Waals surface area contributed by atoms with Gasteiger partial charge in [0.2, 0.25) is 0 Å². The maximum absolute atomic E-state index is 12.6. The quantitative estimate of drug-likeness (QED) is 0.323. The summed E-state index contributed by atoms with van der Waals surface area (Å²) in [5.41, 5.74) is 4.01. The van der Waals surface area contributed by atoms with Crippen LogP contribution in [0.5, 0.6) is 0 Å². The van der Waals surface area contributed by atoms with Gasteiger partial charge in [0.15, 0.2) is 0 Å². The highest BCUT2D eigenvalue weighted by Gasteiger charge is 2.15. The summed E-state index contributed by atoms with van der Waals surface area (Å²) in [5, 5.41) is 16.8. The number of thiazole rings is 1. The normalized spacial score (nSPS) is 10.6. The SMILES string of the molecule is Cc1ccc(C(=O)Nc2cccc(-c3csc(-c4ccccc4)n3)c2)cc1[N+](=O)[O-]. The average molecular weight is 415 g/mol. The molecule has 0 aliphatic rings. The summed E-state index contributed by atoms with van der Waals surface area (Å²) < 4.78 is 0. The van der Waals surface area contributed by atoms with E-state index in [0.717, 1.165) is 21.8 Å². The maximum Gasteiger partial charge on any atom is 0.273 e. The van der Waals surface area contributed by atoms with Crippen molar-refractivity contribution in [2.75, 3.05) is 5.32 Å². The van der Waals surface area contributed by atoms with Crippen LogP contribution in [0, 0.1) is 17.0 Å². The van der Waals surface area contributed by atoms with Crippen LogP contribution in [0.4, 0.5) is 11.4 Å². The molecule has 0 aliphatic heterocycles. The predicted molar refractivity (Wildman–Crippen MR) is 119 cm³/mol. The molecule has 0 spiro atoms. The molecular formula is C23H17N3O3S. The number of aromatic nitrogens is 1. The third-order valence-corrected chi connectivity index (χ3v) is 5.50. The number of nitrogens with zero attached hydrogens (tertiary/aromatic N) is 2. The van der Waals surface area contributed by atoms with E-state index < -0.39 is 10.8 Å².